The largest absolute Gasteiger partial charge is 0.264 e. The number of pyridine rings is 1. The first-order valence-electron chi connectivity index (χ1n) is 9.60. The van der Waals surface area contributed by atoms with E-state index in [2.05, 4.69) is 44.9 Å². The number of rotatable bonds is 4. The van der Waals surface area contributed by atoms with Crippen LogP contribution in [0.4, 0.5) is 5.95 Å². The highest BCUT2D eigenvalue weighted by Crippen LogP contribution is 2.36. The summed E-state index contributed by atoms with van der Waals surface area (Å²) in [5.41, 5.74) is 4.22. The van der Waals surface area contributed by atoms with Gasteiger partial charge in [-0.3, -0.25) is 9.55 Å². The predicted molar refractivity (Wildman–Crippen MR) is 116 cm³/mol. The SMILES string of the molecule is CCc1cc2c(s1)-n1c(C)nnc1N(Cc1cccnc1)N=C2c1ccccc1. The summed E-state index contributed by atoms with van der Waals surface area (Å²) in [7, 11) is 0. The van der Waals surface area contributed by atoms with Gasteiger partial charge in [-0.1, -0.05) is 43.3 Å². The van der Waals surface area contributed by atoms with Crippen molar-refractivity contribution in [2.24, 2.45) is 5.10 Å². The maximum absolute atomic E-state index is 5.09. The summed E-state index contributed by atoms with van der Waals surface area (Å²) in [5, 5.41) is 17.0. The maximum Gasteiger partial charge on any atom is 0.253 e. The Kier molecular flexibility index (Phi) is 4.44. The van der Waals surface area contributed by atoms with E-state index in [1.807, 2.05) is 48.5 Å². The molecule has 7 heteroatoms. The van der Waals surface area contributed by atoms with Gasteiger partial charge in [-0.15, -0.1) is 21.5 Å². The van der Waals surface area contributed by atoms with Gasteiger partial charge in [0.05, 0.1) is 6.54 Å². The van der Waals surface area contributed by atoms with Crippen LogP contribution in [0.3, 0.4) is 0 Å². The van der Waals surface area contributed by atoms with E-state index in [9.17, 15) is 0 Å². The quantitative estimate of drug-likeness (QED) is 0.510. The number of nitrogens with zero attached hydrogens (tertiary/aromatic N) is 6. The summed E-state index contributed by atoms with van der Waals surface area (Å²) in [5.74, 6) is 1.58. The van der Waals surface area contributed by atoms with Crippen LogP contribution >= 0.6 is 11.3 Å². The Balaban J connectivity index is 1.74. The molecule has 0 spiro atoms. The third-order valence-electron chi connectivity index (χ3n) is 4.93. The fourth-order valence-corrected chi connectivity index (χ4v) is 4.64. The smallest absolute Gasteiger partial charge is 0.253 e. The molecule has 0 aliphatic carbocycles. The molecule has 4 aromatic rings. The Bertz CT molecular complexity index is 1180. The molecule has 0 N–H and O–H groups in total. The Morgan fingerprint density at radius 1 is 1.03 bits per heavy atom. The number of hydrogen-bond donors (Lipinski definition) is 0. The first kappa shape index (κ1) is 17.8. The topological polar surface area (TPSA) is 59.2 Å². The van der Waals surface area contributed by atoms with Gasteiger partial charge in [0, 0.05) is 28.4 Å². The van der Waals surface area contributed by atoms with Gasteiger partial charge in [0.1, 0.15) is 16.5 Å². The average molecular weight is 401 g/mol. The number of thiophene rings is 1. The van der Waals surface area contributed by atoms with Crippen LogP contribution in [0.5, 0.6) is 0 Å². The second-order valence-electron chi connectivity index (χ2n) is 6.90. The normalized spacial score (nSPS) is 12.9. The van der Waals surface area contributed by atoms with Crippen LogP contribution in [0.2, 0.25) is 0 Å². The Hall–Kier alpha value is -3.32. The summed E-state index contributed by atoms with van der Waals surface area (Å²) in [4.78, 5) is 5.57. The molecule has 1 aliphatic heterocycles. The highest BCUT2D eigenvalue weighted by atomic mass is 32.1. The lowest BCUT2D eigenvalue weighted by Gasteiger charge is -2.17. The average Bonchev–Trinajstić information content (AvgIpc) is 3.32. The number of fused-ring (bicyclic) bond motifs is 3. The van der Waals surface area contributed by atoms with Crippen LogP contribution in [0.1, 0.15) is 34.3 Å². The number of hydrogen-bond acceptors (Lipinski definition) is 6. The molecule has 1 aromatic carbocycles. The van der Waals surface area contributed by atoms with E-state index >= 15 is 0 Å². The molecule has 0 amide bonds. The molecule has 29 heavy (non-hydrogen) atoms. The molecule has 3 aromatic heterocycles. The van der Waals surface area contributed by atoms with Gasteiger partial charge < -0.3 is 0 Å². The lowest BCUT2D eigenvalue weighted by atomic mass is 10.0. The van der Waals surface area contributed by atoms with Crippen LogP contribution in [-0.4, -0.2) is 25.5 Å². The maximum atomic E-state index is 5.09. The molecule has 6 nitrogen and oxygen atoms in total. The third-order valence-corrected chi connectivity index (χ3v) is 6.20. The minimum Gasteiger partial charge on any atom is -0.264 e. The molecule has 1 aliphatic rings. The van der Waals surface area contributed by atoms with Crippen molar-refractivity contribution in [3.63, 3.8) is 0 Å². The number of aryl methyl sites for hydroxylation is 2. The van der Waals surface area contributed by atoms with Crippen LogP contribution in [0, 0.1) is 6.92 Å². The summed E-state index contributed by atoms with van der Waals surface area (Å²) in [6.45, 7) is 4.73. The van der Waals surface area contributed by atoms with Crippen molar-refractivity contribution in [2.75, 3.05) is 5.01 Å². The van der Waals surface area contributed by atoms with Crippen molar-refractivity contribution in [2.45, 2.75) is 26.8 Å². The first-order valence-corrected chi connectivity index (χ1v) is 10.4. The molecule has 0 bridgehead atoms. The first-order chi connectivity index (χ1) is 14.2. The van der Waals surface area contributed by atoms with E-state index < -0.39 is 0 Å². The molecule has 0 saturated carbocycles. The lowest BCUT2D eigenvalue weighted by Crippen LogP contribution is -2.20. The molecular formula is C22H20N6S. The highest BCUT2D eigenvalue weighted by Gasteiger charge is 2.28. The minimum atomic E-state index is 0.567. The van der Waals surface area contributed by atoms with Gasteiger partial charge in [-0.2, -0.15) is 5.10 Å². The fourth-order valence-electron chi connectivity index (χ4n) is 3.50. The molecular weight excluding hydrogens is 380 g/mol. The van der Waals surface area contributed by atoms with Crippen LogP contribution in [0.15, 0.2) is 66.0 Å². The fraction of sp³-hybridized carbons (Fsp3) is 0.182. The zero-order valence-corrected chi connectivity index (χ0v) is 17.1. The minimum absolute atomic E-state index is 0.567. The summed E-state index contributed by atoms with van der Waals surface area (Å²) in [6, 6.07) is 16.6. The van der Waals surface area contributed by atoms with Gasteiger partial charge in [0.15, 0.2) is 0 Å². The van der Waals surface area contributed by atoms with Gasteiger partial charge in [0.2, 0.25) is 0 Å². The van der Waals surface area contributed by atoms with E-state index in [-0.39, 0.29) is 0 Å². The van der Waals surface area contributed by atoms with Crippen molar-refractivity contribution in [1.82, 2.24) is 19.7 Å². The van der Waals surface area contributed by atoms with E-state index in [1.54, 1.807) is 17.5 Å². The highest BCUT2D eigenvalue weighted by molar-refractivity contribution is 7.15. The van der Waals surface area contributed by atoms with Crippen molar-refractivity contribution in [3.8, 4) is 5.00 Å². The van der Waals surface area contributed by atoms with E-state index in [4.69, 9.17) is 5.10 Å². The molecule has 4 heterocycles. The van der Waals surface area contributed by atoms with Crippen molar-refractivity contribution in [3.05, 3.63) is 88.3 Å². The molecule has 5 rings (SSSR count). The van der Waals surface area contributed by atoms with E-state index in [0.29, 0.717) is 6.54 Å². The van der Waals surface area contributed by atoms with E-state index in [0.717, 1.165) is 45.6 Å². The van der Waals surface area contributed by atoms with Crippen LogP contribution in [-0.2, 0) is 13.0 Å². The number of benzene rings is 1. The summed E-state index contributed by atoms with van der Waals surface area (Å²) >= 11 is 1.78. The summed E-state index contributed by atoms with van der Waals surface area (Å²) < 4.78 is 2.12. The predicted octanol–water partition coefficient (Wildman–Crippen LogP) is 4.37. The van der Waals surface area contributed by atoms with Crippen molar-refractivity contribution in [1.29, 1.82) is 0 Å². The standard InChI is InChI=1S/C22H20N6S/c1-3-18-12-19-20(17-9-5-4-6-10-17)26-27(14-16-8-7-11-23-13-16)22-25-24-15(2)28(22)21(19)29-18/h4-13H,3,14H2,1-2H3. The summed E-state index contributed by atoms with van der Waals surface area (Å²) in [6.07, 6.45) is 4.62. The van der Waals surface area contributed by atoms with Crippen molar-refractivity contribution < 1.29 is 0 Å². The number of aromatic nitrogens is 4. The third kappa shape index (κ3) is 3.13. The molecule has 0 unspecified atom stereocenters. The molecule has 0 fully saturated rings. The van der Waals surface area contributed by atoms with Gasteiger partial charge in [-0.25, -0.2) is 5.01 Å². The molecule has 144 valence electrons. The second-order valence-corrected chi connectivity index (χ2v) is 8.02. The van der Waals surface area contributed by atoms with Gasteiger partial charge >= 0.3 is 0 Å². The Labute approximate surface area is 173 Å². The Morgan fingerprint density at radius 3 is 2.66 bits per heavy atom. The Morgan fingerprint density at radius 2 is 1.90 bits per heavy atom. The van der Waals surface area contributed by atoms with Crippen LogP contribution < -0.4 is 5.01 Å². The van der Waals surface area contributed by atoms with Gasteiger partial charge in [0.25, 0.3) is 5.95 Å². The number of anilines is 1. The zero-order chi connectivity index (χ0) is 19.8. The van der Waals surface area contributed by atoms with Gasteiger partial charge in [-0.05, 0) is 31.0 Å². The second kappa shape index (κ2) is 7.25. The monoisotopic (exact) mass is 400 g/mol. The molecule has 0 saturated heterocycles. The molecule has 0 radical (unpaired) electrons. The van der Waals surface area contributed by atoms with E-state index in [1.165, 1.54) is 4.88 Å². The number of hydrazone groups is 1. The zero-order valence-electron chi connectivity index (χ0n) is 16.3. The molecule has 0 atom stereocenters. The van der Waals surface area contributed by atoms with Crippen molar-refractivity contribution >= 4 is 23.0 Å². The lowest BCUT2D eigenvalue weighted by molar-refractivity contribution is 0.795. The van der Waals surface area contributed by atoms with Crippen LogP contribution in [0.25, 0.3) is 5.00 Å².